The maximum Gasteiger partial charge on any atom is 0.329 e. The number of likely N-dealkylation sites (N-methyl/N-ethyl adjacent to an activating group) is 1. The summed E-state index contributed by atoms with van der Waals surface area (Å²) in [4.78, 5) is 24.7. The minimum absolute atomic E-state index is 0.368. The van der Waals surface area contributed by atoms with Gasteiger partial charge in [0.25, 0.3) is 0 Å². The molecule has 0 aromatic heterocycles. The number of methoxy groups -OCH3 is 1. The van der Waals surface area contributed by atoms with E-state index in [4.69, 9.17) is 4.74 Å². The Morgan fingerprint density at radius 2 is 2.00 bits per heavy atom. The summed E-state index contributed by atoms with van der Waals surface area (Å²) in [7, 11) is 1.56. The van der Waals surface area contributed by atoms with Gasteiger partial charge in [-0.2, -0.15) is 0 Å². The van der Waals surface area contributed by atoms with E-state index in [1.54, 1.807) is 7.11 Å². The highest BCUT2D eigenvalue weighted by atomic mass is 16.5. The molecule has 0 saturated heterocycles. The van der Waals surface area contributed by atoms with Gasteiger partial charge in [-0.05, 0) is 20.3 Å². The van der Waals surface area contributed by atoms with E-state index < -0.39 is 11.5 Å². The smallest absolute Gasteiger partial charge is 0.329 e. The highest BCUT2D eigenvalue weighted by Gasteiger charge is 2.34. The second-order valence-corrected chi connectivity index (χ2v) is 4.39. The van der Waals surface area contributed by atoms with Crippen LogP contribution < -0.4 is 5.32 Å². The molecule has 0 saturated carbocycles. The van der Waals surface area contributed by atoms with E-state index in [1.807, 2.05) is 13.8 Å². The van der Waals surface area contributed by atoms with Gasteiger partial charge in [0.1, 0.15) is 5.54 Å². The number of rotatable bonds is 8. The van der Waals surface area contributed by atoms with Gasteiger partial charge in [-0.1, -0.05) is 13.3 Å². The van der Waals surface area contributed by atoms with Gasteiger partial charge in [-0.25, -0.2) is 9.59 Å². The van der Waals surface area contributed by atoms with Crippen LogP contribution in [0.2, 0.25) is 0 Å². The molecule has 1 atom stereocenters. The first-order chi connectivity index (χ1) is 8.41. The molecule has 0 spiro atoms. The monoisotopic (exact) mass is 260 g/mol. The number of carboxylic acid groups (broad SMARTS) is 1. The minimum Gasteiger partial charge on any atom is -0.480 e. The summed E-state index contributed by atoms with van der Waals surface area (Å²) in [5.41, 5.74) is -1.22. The SMILES string of the molecule is CCCC(C)(NC(=O)N(CC)CCOC)C(=O)O. The topological polar surface area (TPSA) is 78.9 Å². The van der Waals surface area contributed by atoms with E-state index >= 15 is 0 Å². The summed E-state index contributed by atoms with van der Waals surface area (Å²) in [5, 5.41) is 11.8. The Kier molecular flexibility index (Phi) is 7.35. The molecule has 0 aromatic rings. The molecular weight excluding hydrogens is 236 g/mol. The van der Waals surface area contributed by atoms with Gasteiger partial charge in [0.15, 0.2) is 0 Å². The lowest BCUT2D eigenvalue weighted by Gasteiger charge is -2.30. The molecule has 0 aromatic carbocycles. The Morgan fingerprint density at radius 1 is 1.39 bits per heavy atom. The lowest BCUT2D eigenvalue weighted by Crippen LogP contribution is -2.56. The minimum atomic E-state index is -1.22. The number of nitrogens with one attached hydrogen (secondary N) is 1. The predicted molar refractivity (Wildman–Crippen MR) is 68.6 cm³/mol. The van der Waals surface area contributed by atoms with Gasteiger partial charge < -0.3 is 20.1 Å². The largest absolute Gasteiger partial charge is 0.480 e. The van der Waals surface area contributed by atoms with Crippen molar-refractivity contribution >= 4 is 12.0 Å². The summed E-state index contributed by atoms with van der Waals surface area (Å²) in [6.45, 7) is 6.64. The lowest BCUT2D eigenvalue weighted by atomic mass is 9.96. The number of carbonyl (C=O) groups is 2. The van der Waals surface area contributed by atoms with Crippen molar-refractivity contribution in [3.63, 3.8) is 0 Å². The van der Waals surface area contributed by atoms with Crippen molar-refractivity contribution in [3.8, 4) is 0 Å². The Bertz CT molecular complexity index is 283. The molecule has 0 rings (SSSR count). The van der Waals surface area contributed by atoms with Crippen LogP contribution in [0.4, 0.5) is 4.79 Å². The fourth-order valence-corrected chi connectivity index (χ4v) is 1.64. The highest BCUT2D eigenvalue weighted by molar-refractivity contribution is 5.85. The zero-order chi connectivity index (χ0) is 14.2. The number of carboxylic acids is 1. The Labute approximate surface area is 108 Å². The first-order valence-corrected chi connectivity index (χ1v) is 6.20. The van der Waals surface area contributed by atoms with Gasteiger partial charge in [0.2, 0.25) is 0 Å². The number of aliphatic carboxylic acids is 1. The van der Waals surface area contributed by atoms with Crippen molar-refractivity contribution < 1.29 is 19.4 Å². The summed E-state index contributed by atoms with van der Waals surface area (Å²) >= 11 is 0. The van der Waals surface area contributed by atoms with E-state index in [9.17, 15) is 14.7 Å². The van der Waals surface area contributed by atoms with E-state index in [1.165, 1.54) is 11.8 Å². The van der Waals surface area contributed by atoms with Crippen LogP contribution >= 0.6 is 0 Å². The van der Waals surface area contributed by atoms with E-state index in [2.05, 4.69) is 5.32 Å². The number of hydrogen-bond acceptors (Lipinski definition) is 3. The molecule has 6 nitrogen and oxygen atoms in total. The van der Waals surface area contributed by atoms with Gasteiger partial charge in [0, 0.05) is 20.2 Å². The third-order valence-corrected chi connectivity index (χ3v) is 2.84. The van der Waals surface area contributed by atoms with Crippen LogP contribution in [0.1, 0.15) is 33.6 Å². The summed E-state index contributed by atoms with van der Waals surface area (Å²) in [6, 6.07) is -0.368. The third kappa shape index (κ3) is 4.91. The first kappa shape index (κ1) is 16.7. The molecule has 1 unspecified atom stereocenters. The van der Waals surface area contributed by atoms with Crippen LogP contribution in [0.5, 0.6) is 0 Å². The van der Waals surface area contributed by atoms with Gasteiger partial charge in [-0.3, -0.25) is 0 Å². The molecule has 6 heteroatoms. The molecule has 0 fully saturated rings. The number of hydrogen-bond donors (Lipinski definition) is 2. The molecule has 2 amide bonds. The zero-order valence-corrected chi connectivity index (χ0v) is 11.7. The highest BCUT2D eigenvalue weighted by Crippen LogP contribution is 2.13. The molecule has 106 valence electrons. The number of nitrogens with zero attached hydrogens (tertiary/aromatic N) is 1. The summed E-state index contributed by atoms with van der Waals surface area (Å²) in [6.07, 6.45) is 1.09. The molecule has 0 aliphatic heterocycles. The van der Waals surface area contributed by atoms with Crippen molar-refractivity contribution in [2.24, 2.45) is 0 Å². The van der Waals surface area contributed by atoms with Crippen LogP contribution in [0.3, 0.4) is 0 Å². The molecule has 0 bridgehead atoms. The normalized spacial score (nSPS) is 13.8. The fraction of sp³-hybridized carbons (Fsp3) is 0.833. The number of amides is 2. The summed E-state index contributed by atoms with van der Waals surface area (Å²) in [5.74, 6) is -1.01. The third-order valence-electron chi connectivity index (χ3n) is 2.84. The van der Waals surface area contributed by atoms with Gasteiger partial charge in [-0.15, -0.1) is 0 Å². The van der Waals surface area contributed by atoms with E-state index in [0.29, 0.717) is 32.5 Å². The quantitative estimate of drug-likeness (QED) is 0.689. The Balaban J connectivity index is 4.61. The van der Waals surface area contributed by atoms with Crippen molar-refractivity contribution in [2.45, 2.75) is 39.2 Å². The molecule has 0 aliphatic rings. The Morgan fingerprint density at radius 3 is 2.39 bits per heavy atom. The van der Waals surface area contributed by atoms with Crippen LogP contribution in [0.15, 0.2) is 0 Å². The molecule has 0 radical (unpaired) electrons. The number of carbonyl (C=O) groups excluding carboxylic acids is 1. The van der Waals surface area contributed by atoms with Crippen molar-refractivity contribution in [3.05, 3.63) is 0 Å². The number of urea groups is 1. The standard InChI is InChI=1S/C12H24N2O4/c1-5-7-12(3,10(15)16)13-11(17)14(6-2)8-9-18-4/h5-9H2,1-4H3,(H,13,17)(H,15,16). The lowest BCUT2D eigenvalue weighted by molar-refractivity contribution is -0.144. The summed E-state index contributed by atoms with van der Waals surface area (Å²) < 4.78 is 4.91. The second-order valence-electron chi connectivity index (χ2n) is 4.39. The molecule has 18 heavy (non-hydrogen) atoms. The van der Waals surface area contributed by atoms with E-state index in [0.717, 1.165) is 0 Å². The maximum atomic E-state index is 12.0. The van der Waals surface area contributed by atoms with Crippen LogP contribution in [0, 0.1) is 0 Å². The predicted octanol–water partition coefficient (Wildman–Crippen LogP) is 1.31. The van der Waals surface area contributed by atoms with Gasteiger partial charge >= 0.3 is 12.0 Å². The Hall–Kier alpha value is -1.30. The maximum absolute atomic E-state index is 12.0. The average molecular weight is 260 g/mol. The van der Waals surface area contributed by atoms with Crippen molar-refractivity contribution in [1.29, 1.82) is 0 Å². The molecule has 2 N–H and O–H groups in total. The first-order valence-electron chi connectivity index (χ1n) is 6.20. The van der Waals surface area contributed by atoms with Crippen molar-refractivity contribution in [2.75, 3.05) is 26.8 Å². The average Bonchev–Trinajstić information content (AvgIpc) is 2.30. The zero-order valence-electron chi connectivity index (χ0n) is 11.7. The van der Waals surface area contributed by atoms with Crippen LogP contribution in [-0.2, 0) is 9.53 Å². The molecular formula is C12H24N2O4. The van der Waals surface area contributed by atoms with Crippen molar-refractivity contribution in [1.82, 2.24) is 10.2 Å². The van der Waals surface area contributed by atoms with Crippen LogP contribution in [-0.4, -0.2) is 54.4 Å². The van der Waals surface area contributed by atoms with Gasteiger partial charge in [0.05, 0.1) is 6.61 Å². The molecule has 0 aliphatic carbocycles. The molecule has 0 heterocycles. The fourth-order valence-electron chi connectivity index (χ4n) is 1.64. The van der Waals surface area contributed by atoms with Crippen LogP contribution in [0.25, 0.3) is 0 Å². The van der Waals surface area contributed by atoms with E-state index in [-0.39, 0.29) is 6.03 Å². The number of ether oxygens (including phenoxy) is 1. The second kappa shape index (κ2) is 7.92.